The van der Waals surface area contributed by atoms with Gasteiger partial charge in [-0.2, -0.15) is 4.98 Å². The molecule has 7 nitrogen and oxygen atoms in total. The van der Waals surface area contributed by atoms with Gasteiger partial charge in [0.05, 0.1) is 5.60 Å². The third-order valence-electron chi connectivity index (χ3n) is 7.28. The SMILES string of the molecule is Cc1ccc(NC(=O)N2CCC3(CC2)CC(Cc2nc(-c4ccccc4)no2)CCO3)cc1C. The molecule has 1 aromatic heterocycles. The highest BCUT2D eigenvalue weighted by molar-refractivity contribution is 5.89. The Labute approximate surface area is 200 Å². The monoisotopic (exact) mass is 460 g/mol. The van der Waals surface area contributed by atoms with Crippen LogP contribution in [-0.2, 0) is 11.2 Å². The predicted molar refractivity (Wildman–Crippen MR) is 131 cm³/mol. The number of rotatable bonds is 4. The normalized spacial score (nSPS) is 19.8. The van der Waals surface area contributed by atoms with Gasteiger partial charge in [-0.3, -0.25) is 0 Å². The van der Waals surface area contributed by atoms with Gasteiger partial charge in [-0.15, -0.1) is 0 Å². The lowest BCUT2D eigenvalue weighted by atomic mass is 9.78. The second-order valence-electron chi connectivity index (χ2n) is 9.69. The average Bonchev–Trinajstić information content (AvgIpc) is 3.31. The summed E-state index contributed by atoms with van der Waals surface area (Å²) in [6.45, 7) is 6.26. The van der Waals surface area contributed by atoms with E-state index in [-0.39, 0.29) is 11.6 Å². The lowest BCUT2D eigenvalue weighted by Gasteiger charge is -2.46. The molecular weight excluding hydrogens is 428 g/mol. The molecule has 0 bridgehead atoms. The first-order valence-corrected chi connectivity index (χ1v) is 12.1. The van der Waals surface area contributed by atoms with Crippen LogP contribution >= 0.6 is 0 Å². The molecule has 3 heterocycles. The fourth-order valence-electron chi connectivity index (χ4n) is 5.08. The van der Waals surface area contributed by atoms with E-state index in [9.17, 15) is 4.79 Å². The summed E-state index contributed by atoms with van der Waals surface area (Å²) in [4.78, 5) is 19.3. The van der Waals surface area contributed by atoms with Crippen molar-refractivity contribution >= 4 is 11.7 Å². The number of likely N-dealkylation sites (tertiary alicyclic amines) is 1. The second-order valence-corrected chi connectivity index (χ2v) is 9.69. The van der Waals surface area contributed by atoms with Crippen molar-refractivity contribution in [2.75, 3.05) is 25.0 Å². The van der Waals surface area contributed by atoms with Crippen LogP contribution in [0.3, 0.4) is 0 Å². The molecule has 2 amide bonds. The number of aryl methyl sites for hydroxylation is 2. The number of hydrogen-bond acceptors (Lipinski definition) is 5. The van der Waals surface area contributed by atoms with Gasteiger partial charge in [0.2, 0.25) is 11.7 Å². The molecule has 1 unspecified atom stereocenters. The first-order chi connectivity index (χ1) is 16.5. The van der Waals surface area contributed by atoms with Gasteiger partial charge in [-0.25, -0.2) is 4.79 Å². The number of nitrogens with zero attached hydrogens (tertiary/aromatic N) is 3. The average molecular weight is 461 g/mol. The summed E-state index contributed by atoms with van der Waals surface area (Å²) < 4.78 is 11.9. The van der Waals surface area contributed by atoms with Gasteiger partial charge in [-0.1, -0.05) is 41.6 Å². The molecule has 2 aliphatic heterocycles. The minimum Gasteiger partial charge on any atom is -0.375 e. The van der Waals surface area contributed by atoms with Crippen LogP contribution < -0.4 is 5.32 Å². The van der Waals surface area contributed by atoms with Crippen LogP contribution in [-0.4, -0.2) is 46.4 Å². The maximum absolute atomic E-state index is 12.8. The lowest BCUT2D eigenvalue weighted by Crippen LogP contribution is -2.51. The fraction of sp³-hybridized carbons (Fsp3) is 0.444. The molecule has 0 aliphatic carbocycles. The van der Waals surface area contributed by atoms with Crippen LogP contribution in [0, 0.1) is 19.8 Å². The molecule has 178 valence electrons. The summed E-state index contributed by atoms with van der Waals surface area (Å²) in [5, 5.41) is 7.21. The number of aromatic nitrogens is 2. The van der Waals surface area contributed by atoms with Crippen molar-refractivity contribution in [3.63, 3.8) is 0 Å². The Kier molecular flexibility index (Phi) is 6.37. The highest BCUT2D eigenvalue weighted by Gasteiger charge is 2.41. The molecular formula is C27H32N4O3. The highest BCUT2D eigenvalue weighted by Crippen LogP contribution is 2.39. The van der Waals surface area contributed by atoms with Crippen molar-refractivity contribution in [3.8, 4) is 11.4 Å². The molecule has 2 fully saturated rings. The van der Waals surface area contributed by atoms with Gasteiger partial charge in [0.15, 0.2) is 0 Å². The van der Waals surface area contributed by atoms with E-state index in [2.05, 4.69) is 29.3 Å². The number of anilines is 1. The Balaban J connectivity index is 1.15. The van der Waals surface area contributed by atoms with Crippen molar-refractivity contribution in [1.29, 1.82) is 0 Å². The van der Waals surface area contributed by atoms with Gasteiger partial charge in [0, 0.05) is 37.4 Å². The van der Waals surface area contributed by atoms with Crippen LogP contribution in [0.2, 0.25) is 0 Å². The zero-order valence-electron chi connectivity index (χ0n) is 19.9. The van der Waals surface area contributed by atoms with Crippen molar-refractivity contribution < 1.29 is 14.1 Å². The van der Waals surface area contributed by atoms with E-state index in [1.54, 1.807) is 0 Å². The van der Waals surface area contributed by atoms with Crippen molar-refractivity contribution in [1.82, 2.24) is 15.0 Å². The standard InChI is InChI=1S/C27H32N4O3/c1-19-8-9-23(16-20(19)2)28-26(32)31-13-11-27(12-14-31)18-21(10-15-33-27)17-24-29-25(30-34-24)22-6-4-3-5-7-22/h3-9,16,21H,10-15,17-18H2,1-2H3,(H,28,32). The quantitative estimate of drug-likeness (QED) is 0.565. The number of nitrogens with one attached hydrogen (secondary N) is 1. The van der Waals surface area contributed by atoms with Gasteiger partial charge in [-0.05, 0) is 68.7 Å². The van der Waals surface area contributed by atoms with Gasteiger partial charge >= 0.3 is 6.03 Å². The zero-order valence-corrected chi connectivity index (χ0v) is 19.9. The maximum Gasteiger partial charge on any atom is 0.321 e. The highest BCUT2D eigenvalue weighted by atomic mass is 16.5. The van der Waals surface area contributed by atoms with E-state index in [0.29, 0.717) is 30.7 Å². The molecule has 0 radical (unpaired) electrons. The van der Waals surface area contributed by atoms with Crippen LogP contribution in [0.25, 0.3) is 11.4 Å². The number of benzene rings is 2. The third kappa shape index (κ3) is 4.99. The molecule has 1 atom stereocenters. The second kappa shape index (κ2) is 9.58. The summed E-state index contributed by atoms with van der Waals surface area (Å²) in [7, 11) is 0. The number of carbonyl (C=O) groups excluding carboxylic acids is 1. The molecule has 2 aromatic carbocycles. The van der Waals surface area contributed by atoms with Crippen LogP contribution in [0.15, 0.2) is 53.1 Å². The van der Waals surface area contributed by atoms with Crippen LogP contribution in [0.1, 0.15) is 42.7 Å². The Morgan fingerprint density at radius 3 is 2.68 bits per heavy atom. The number of carbonyl (C=O) groups is 1. The lowest BCUT2D eigenvalue weighted by molar-refractivity contribution is -0.123. The smallest absolute Gasteiger partial charge is 0.321 e. The number of piperidine rings is 1. The molecule has 7 heteroatoms. The summed E-state index contributed by atoms with van der Waals surface area (Å²) in [6, 6.07) is 15.9. The topological polar surface area (TPSA) is 80.5 Å². The number of ether oxygens (including phenoxy) is 1. The van der Waals surface area contributed by atoms with Crippen molar-refractivity contribution in [2.24, 2.45) is 5.92 Å². The maximum atomic E-state index is 12.8. The number of hydrogen-bond donors (Lipinski definition) is 1. The molecule has 5 rings (SSSR count). The Bertz CT molecular complexity index is 1140. The van der Waals surface area contributed by atoms with Crippen molar-refractivity contribution in [3.05, 3.63) is 65.5 Å². The molecule has 2 aliphatic rings. The molecule has 3 aromatic rings. The summed E-state index contributed by atoms with van der Waals surface area (Å²) in [5.41, 5.74) is 4.04. The van der Waals surface area contributed by atoms with E-state index >= 15 is 0 Å². The molecule has 1 spiro atoms. The van der Waals surface area contributed by atoms with Gasteiger partial charge in [0.1, 0.15) is 0 Å². The minimum absolute atomic E-state index is 0.0373. The number of urea groups is 1. The first-order valence-electron chi connectivity index (χ1n) is 12.1. The van der Waals surface area contributed by atoms with E-state index in [4.69, 9.17) is 9.26 Å². The van der Waals surface area contributed by atoms with Gasteiger partial charge < -0.3 is 19.5 Å². The Morgan fingerprint density at radius 2 is 1.91 bits per heavy atom. The third-order valence-corrected chi connectivity index (χ3v) is 7.28. The molecule has 2 saturated heterocycles. The Hall–Kier alpha value is -3.19. The fourth-order valence-corrected chi connectivity index (χ4v) is 5.08. The van der Waals surface area contributed by atoms with E-state index in [0.717, 1.165) is 50.0 Å². The van der Waals surface area contributed by atoms with E-state index in [1.165, 1.54) is 11.1 Å². The Morgan fingerprint density at radius 1 is 1.12 bits per heavy atom. The van der Waals surface area contributed by atoms with Gasteiger partial charge in [0.25, 0.3) is 0 Å². The predicted octanol–water partition coefficient (Wildman–Crippen LogP) is 5.39. The summed E-state index contributed by atoms with van der Waals surface area (Å²) in [6.07, 6.45) is 4.41. The first kappa shape index (κ1) is 22.6. The molecule has 34 heavy (non-hydrogen) atoms. The molecule has 0 saturated carbocycles. The van der Waals surface area contributed by atoms with E-state index < -0.39 is 0 Å². The summed E-state index contributed by atoms with van der Waals surface area (Å²) >= 11 is 0. The molecule has 1 N–H and O–H groups in total. The zero-order chi connectivity index (χ0) is 23.5. The largest absolute Gasteiger partial charge is 0.375 e. The van der Waals surface area contributed by atoms with Crippen molar-refractivity contribution in [2.45, 2.75) is 51.6 Å². The summed E-state index contributed by atoms with van der Waals surface area (Å²) in [5.74, 6) is 1.76. The number of amides is 2. The van der Waals surface area contributed by atoms with Crippen LogP contribution in [0.5, 0.6) is 0 Å². The van der Waals surface area contributed by atoms with E-state index in [1.807, 2.05) is 53.4 Å². The minimum atomic E-state index is -0.164. The van der Waals surface area contributed by atoms with Crippen LogP contribution in [0.4, 0.5) is 10.5 Å².